The molecule has 0 N–H and O–H groups in total. The van der Waals surface area contributed by atoms with Gasteiger partial charge in [-0.1, -0.05) is 142 Å². The Kier molecular flexibility index (Phi) is 7.56. The SMILES string of the molecule is C=CCOc1c(C(C)(C)C)cc(C)c([Si](C)C)c1C(C1=CCC=C1)(c1ccccc1)c1ccccc1. The molecule has 0 aromatic heterocycles. The van der Waals surface area contributed by atoms with E-state index >= 15 is 0 Å². The van der Waals surface area contributed by atoms with E-state index in [1.54, 1.807) is 0 Å². The van der Waals surface area contributed by atoms with E-state index < -0.39 is 14.2 Å². The molecule has 1 aliphatic carbocycles. The molecule has 2 heteroatoms. The second-order valence-electron chi connectivity index (χ2n) is 10.9. The molecule has 0 unspecified atom stereocenters. The highest BCUT2D eigenvalue weighted by Crippen LogP contribution is 2.52. The number of hydrogen-bond donors (Lipinski definition) is 0. The third kappa shape index (κ3) is 4.55. The molecule has 0 amide bonds. The van der Waals surface area contributed by atoms with Gasteiger partial charge in [0.2, 0.25) is 0 Å². The molecule has 185 valence electrons. The number of hydrogen-bond acceptors (Lipinski definition) is 1. The molecule has 3 aromatic rings. The van der Waals surface area contributed by atoms with Crippen LogP contribution < -0.4 is 9.92 Å². The Labute approximate surface area is 219 Å². The summed E-state index contributed by atoms with van der Waals surface area (Å²) >= 11 is 0. The summed E-state index contributed by atoms with van der Waals surface area (Å²) in [5.74, 6) is 1.02. The smallest absolute Gasteiger partial charge is 0.128 e. The monoisotopic (exact) mass is 491 g/mol. The van der Waals surface area contributed by atoms with Crippen LogP contribution in [0.5, 0.6) is 5.75 Å². The van der Waals surface area contributed by atoms with Crippen LogP contribution in [0.3, 0.4) is 0 Å². The van der Waals surface area contributed by atoms with Gasteiger partial charge in [0, 0.05) is 11.1 Å². The lowest BCUT2D eigenvalue weighted by molar-refractivity contribution is 0.344. The van der Waals surface area contributed by atoms with E-state index in [-0.39, 0.29) is 5.41 Å². The number of ether oxygens (including phenoxy) is 1. The van der Waals surface area contributed by atoms with Gasteiger partial charge in [-0.05, 0) is 35.5 Å². The van der Waals surface area contributed by atoms with E-state index in [1.807, 2.05) is 6.08 Å². The average Bonchev–Trinajstić information content (AvgIpc) is 3.39. The van der Waals surface area contributed by atoms with Gasteiger partial charge in [0.05, 0.1) is 14.2 Å². The van der Waals surface area contributed by atoms with Crippen molar-refractivity contribution in [3.63, 3.8) is 0 Å². The zero-order valence-electron chi connectivity index (χ0n) is 22.7. The molecule has 1 nitrogen and oxygen atoms in total. The highest BCUT2D eigenvalue weighted by atomic mass is 28.3. The van der Waals surface area contributed by atoms with Crippen molar-refractivity contribution in [3.05, 3.63) is 131 Å². The van der Waals surface area contributed by atoms with Gasteiger partial charge in [0.15, 0.2) is 0 Å². The Bertz CT molecular complexity index is 1230. The van der Waals surface area contributed by atoms with Crippen LogP contribution in [0.15, 0.2) is 103 Å². The van der Waals surface area contributed by atoms with Gasteiger partial charge in [-0.3, -0.25) is 0 Å². The topological polar surface area (TPSA) is 9.23 Å². The van der Waals surface area contributed by atoms with E-state index in [1.165, 1.54) is 38.6 Å². The first-order valence-corrected chi connectivity index (χ1v) is 15.4. The standard InChI is InChI=1S/C34H39OSi/c1-8-23-35-31-29(33(3,4)5)24-25(2)32(36(6)7)30(31)34(28-21-15-16-22-28,26-17-11-9-12-18-26)27-19-13-10-14-20-27/h8-15,17-22,24H,1,16,23H2,2-7H3. The fraction of sp³-hybridized carbons (Fsp3) is 0.294. The molecule has 0 aliphatic heterocycles. The zero-order valence-corrected chi connectivity index (χ0v) is 23.7. The predicted molar refractivity (Wildman–Crippen MR) is 157 cm³/mol. The van der Waals surface area contributed by atoms with Crippen molar-refractivity contribution in [2.75, 3.05) is 6.61 Å². The van der Waals surface area contributed by atoms with Crippen molar-refractivity contribution < 1.29 is 4.74 Å². The molecule has 1 radical (unpaired) electrons. The number of aryl methyl sites for hydroxylation is 1. The van der Waals surface area contributed by atoms with E-state index in [0.717, 1.165) is 12.2 Å². The maximum absolute atomic E-state index is 6.75. The van der Waals surface area contributed by atoms with Crippen molar-refractivity contribution in [1.82, 2.24) is 0 Å². The summed E-state index contributed by atoms with van der Waals surface area (Å²) in [6.07, 6.45) is 9.82. The maximum atomic E-state index is 6.75. The minimum absolute atomic E-state index is 0.0814. The highest BCUT2D eigenvalue weighted by molar-refractivity contribution is 6.71. The second-order valence-corrected chi connectivity index (χ2v) is 13.4. The maximum Gasteiger partial charge on any atom is 0.128 e. The number of benzene rings is 3. The molecular weight excluding hydrogens is 452 g/mol. The summed E-state index contributed by atoms with van der Waals surface area (Å²) in [5.41, 5.74) is 7.21. The second kappa shape index (κ2) is 10.5. The number of allylic oxidation sites excluding steroid dienone is 4. The van der Waals surface area contributed by atoms with Crippen LogP contribution in [-0.2, 0) is 10.8 Å². The Hall–Kier alpha value is -3.10. The van der Waals surface area contributed by atoms with E-state index in [0.29, 0.717) is 6.61 Å². The first kappa shape index (κ1) is 26.0. The Balaban J connectivity index is 2.31. The molecule has 4 rings (SSSR count). The van der Waals surface area contributed by atoms with Crippen LogP contribution >= 0.6 is 0 Å². The lowest BCUT2D eigenvalue weighted by Gasteiger charge is -2.42. The zero-order chi connectivity index (χ0) is 25.9. The van der Waals surface area contributed by atoms with Gasteiger partial charge < -0.3 is 4.74 Å². The third-order valence-corrected chi connectivity index (χ3v) is 8.77. The summed E-state index contributed by atoms with van der Waals surface area (Å²) in [5, 5.41) is 1.46. The van der Waals surface area contributed by atoms with Gasteiger partial charge in [0.25, 0.3) is 0 Å². The quantitative estimate of drug-likeness (QED) is 0.176. The third-order valence-electron chi connectivity index (χ3n) is 7.12. The normalized spacial score (nSPS) is 13.7. The van der Waals surface area contributed by atoms with Crippen LogP contribution in [0.2, 0.25) is 13.1 Å². The molecule has 0 spiro atoms. The van der Waals surface area contributed by atoms with Gasteiger partial charge in [0.1, 0.15) is 12.4 Å². The van der Waals surface area contributed by atoms with Crippen LogP contribution in [0.25, 0.3) is 0 Å². The van der Waals surface area contributed by atoms with Gasteiger partial charge >= 0.3 is 0 Å². The van der Waals surface area contributed by atoms with Crippen LogP contribution in [-0.4, -0.2) is 15.4 Å². The minimum atomic E-state index is -0.862. The first-order valence-electron chi connectivity index (χ1n) is 12.9. The van der Waals surface area contributed by atoms with Crippen molar-refractivity contribution >= 4 is 14.0 Å². The molecule has 0 fully saturated rings. The summed E-state index contributed by atoms with van der Waals surface area (Å²) in [6, 6.07) is 24.4. The van der Waals surface area contributed by atoms with Crippen molar-refractivity contribution in [3.8, 4) is 5.75 Å². The van der Waals surface area contributed by atoms with Gasteiger partial charge in [-0.2, -0.15) is 0 Å². The number of rotatable bonds is 8. The fourth-order valence-electron chi connectivity index (χ4n) is 5.70. The Morgan fingerprint density at radius 2 is 1.53 bits per heavy atom. The summed E-state index contributed by atoms with van der Waals surface area (Å²) < 4.78 is 6.75. The Morgan fingerprint density at radius 1 is 0.944 bits per heavy atom. The molecule has 0 atom stereocenters. The molecule has 0 heterocycles. The largest absolute Gasteiger partial charge is 0.489 e. The predicted octanol–water partition coefficient (Wildman–Crippen LogP) is 8.04. The highest BCUT2D eigenvalue weighted by Gasteiger charge is 2.45. The minimum Gasteiger partial charge on any atom is -0.489 e. The van der Waals surface area contributed by atoms with Crippen LogP contribution in [0.4, 0.5) is 0 Å². The van der Waals surface area contributed by atoms with E-state index in [9.17, 15) is 0 Å². The summed E-state index contributed by atoms with van der Waals surface area (Å²) in [6.45, 7) is 18.4. The molecule has 0 saturated heterocycles. The molecule has 0 saturated carbocycles. The van der Waals surface area contributed by atoms with Crippen molar-refractivity contribution in [1.29, 1.82) is 0 Å². The molecule has 1 aliphatic rings. The van der Waals surface area contributed by atoms with Gasteiger partial charge in [-0.15, -0.1) is 0 Å². The summed E-state index contributed by atoms with van der Waals surface area (Å²) in [7, 11) is -0.862. The van der Waals surface area contributed by atoms with E-state index in [2.05, 4.69) is 132 Å². The lowest BCUT2D eigenvalue weighted by Crippen LogP contribution is -2.43. The van der Waals surface area contributed by atoms with Gasteiger partial charge in [-0.25, -0.2) is 0 Å². The lowest BCUT2D eigenvalue weighted by atomic mass is 9.63. The van der Waals surface area contributed by atoms with Crippen LogP contribution in [0, 0.1) is 6.92 Å². The fourth-order valence-corrected chi connectivity index (χ4v) is 7.36. The summed E-state index contributed by atoms with van der Waals surface area (Å²) in [4.78, 5) is 0. The molecule has 3 aromatic carbocycles. The van der Waals surface area contributed by atoms with Crippen molar-refractivity contribution in [2.45, 2.75) is 58.0 Å². The van der Waals surface area contributed by atoms with E-state index in [4.69, 9.17) is 4.74 Å². The molecular formula is C34H39OSi. The van der Waals surface area contributed by atoms with Crippen molar-refractivity contribution in [2.24, 2.45) is 0 Å². The van der Waals surface area contributed by atoms with Crippen LogP contribution in [0.1, 0.15) is 55.0 Å². The first-order chi connectivity index (χ1) is 17.2. The average molecular weight is 492 g/mol. The molecule has 36 heavy (non-hydrogen) atoms. The Morgan fingerprint density at radius 3 is 1.97 bits per heavy atom. The molecule has 0 bridgehead atoms.